The summed E-state index contributed by atoms with van der Waals surface area (Å²) >= 11 is 0. The number of hydrogen-bond acceptors (Lipinski definition) is 5. The van der Waals surface area contributed by atoms with Gasteiger partial charge < -0.3 is 32.2 Å². The van der Waals surface area contributed by atoms with Gasteiger partial charge in [0.2, 0.25) is 17.7 Å². The second kappa shape index (κ2) is 13.5. The van der Waals surface area contributed by atoms with E-state index in [0.717, 1.165) is 0 Å². The quantitative estimate of drug-likeness (QED) is 0.117. The van der Waals surface area contributed by atoms with Gasteiger partial charge in [0.05, 0.1) is 6.04 Å². The molecule has 0 aromatic rings. The number of amides is 3. The maximum absolute atomic E-state index is 12.7. The summed E-state index contributed by atoms with van der Waals surface area (Å²) in [6.07, 6.45) is 1.97. The van der Waals surface area contributed by atoms with E-state index in [9.17, 15) is 19.2 Å². The Morgan fingerprint density at radius 1 is 1.00 bits per heavy atom. The third-order valence-electron chi connectivity index (χ3n) is 4.11. The molecule has 10 nitrogen and oxygen atoms in total. The minimum atomic E-state index is -0.842. The molecule has 0 aliphatic heterocycles. The van der Waals surface area contributed by atoms with Crippen LogP contribution in [0.15, 0.2) is 4.99 Å². The molecule has 3 unspecified atom stereocenters. The van der Waals surface area contributed by atoms with Crippen molar-refractivity contribution in [1.29, 1.82) is 0 Å². The van der Waals surface area contributed by atoms with Gasteiger partial charge in [-0.25, -0.2) is 0 Å². The number of guanidine groups is 1. The Balaban J connectivity index is 5.01. The van der Waals surface area contributed by atoms with E-state index in [0.29, 0.717) is 32.1 Å². The lowest BCUT2D eigenvalue weighted by Crippen LogP contribution is -2.56. The van der Waals surface area contributed by atoms with Crippen molar-refractivity contribution in [2.75, 3.05) is 6.54 Å². The third-order valence-corrected chi connectivity index (χ3v) is 4.11. The van der Waals surface area contributed by atoms with Gasteiger partial charge in [0.1, 0.15) is 18.4 Å². The molecule has 10 heteroatoms. The average Bonchev–Trinajstić information content (AvgIpc) is 2.59. The number of aldehydes is 1. The van der Waals surface area contributed by atoms with Crippen molar-refractivity contribution in [1.82, 2.24) is 16.0 Å². The number of hydrogen-bond donors (Lipinski definition) is 5. The first-order chi connectivity index (χ1) is 13.5. The third kappa shape index (κ3) is 11.7. The first-order valence-corrected chi connectivity index (χ1v) is 9.86. The molecule has 0 heterocycles. The highest BCUT2D eigenvalue weighted by Gasteiger charge is 2.29. The molecule has 0 rings (SSSR count). The molecular formula is C19H36N6O4. The maximum Gasteiger partial charge on any atom is 0.243 e. The number of nitrogens with two attached hydrogens (primary N) is 2. The van der Waals surface area contributed by atoms with Crippen molar-refractivity contribution >= 4 is 30.0 Å². The van der Waals surface area contributed by atoms with Gasteiger partial charge in [-0.1, -0.05) is 27.7 Å². The molecule has 0 fully saturated rings. The van der Waals surface area contributed by atoms with E-state index in [1.54, 1.807) is 13.8 Å². The molecule has 0 aromatic carbocycles. The molecule has 0 bridgehead atoms. The monoisotopic (exact) mass is 412 g/mol. The van der Waals surface area contributed by atoms with Crippen LogP contribution in [-0.4, -0.2) is 54.6 Å². The number of carbonyl (C=O) groups excluding carboxylic acids is 4. The van der Waals surface area contributed by atoms with Crippen LogP contribution in [0.3, 0.4) is 0 Å². The average molecular weight is 413 g/mol. The van der Waals surface area contributed by atoms with Crippen LogP contribution >= 0.6 is 0 Å². The minimum absolute atomic E-state index is 0.0330. The van der Waals surface area contributed by atoms with Gasteiger partial charge in [-0.2, -0.15) is 0 Å². The zero-order valence-corrected chi connectivity index (χ0v) is 18.0. The fraction of sp³-hybridized carbons (Fsp3) is 0.737. The van der Waals surface area contributed by atoms with Gasteiger partial charge in [-0.15, -0.1) is 0 Å². The predicted octanol–water partition coefficient (Wildman–Crippen LogP) is -0.585. The molecule has 0 aliphatic carbocycles. The lowest BCUT2D eigenvalue weighted by Gasteiger charge is -2.26. The number of nitrogens with one attached hydrogen (secondary N) is 3. The second-order valence-electron chi connectivity index (χ2n) is 7.81. The normalized spacial score (nSPS) is 13.9. The standard InChI is InChI=1S/C19H36N6O4/c1-11(2)9-15(23-13(5)27)17(28)25-16(12(3)4)18(29)24-14(10-26)7-6-8-22-19(20)21/h10-12,14-16H,6-9H2,1-5H3,(H,23,27)(H,24,29)(H,25,28)(H4,20,21,22). The van der Waals surface area contributed by atoms with Crippen molar-refractivity contribution in [2.45, 2.75) is 72.0 Å². The Morgan fingerprint density at radius 3 is 2.07 bits per heavy atom. The van der Waals surface area contributed by atoms with E-state index >= 15 is 0 Å². The van der Waals surface area contributed by atoms with Gasteiger partial charge in [0, 0.05) is 13.5 Å². The van der Waals surface area contributed by atoms with Crippen LogP contribution in [0.25, 0.3) is 0 Å². The van der Waals surface area contributed by atoms with E-state index in [-0.39, 0.29) is 23.7 Å². The van der Waals surface area contributed by atoms with Crippen molar-refractivity contribution < 1.29 is 19.2 Å². The number of aliphatic imine (C=N–C) groups is 1. The lowest BCUT2D eigenvalue weighted by atomic mass is 9.99. The van der Waals surface area contributed by atoms with Crippen LogP contribution < -0.4 is 27.4 Å². The van der Waals surface area contributed by atoms with Crippen LogP contribution in [0.1, 0.15) is 53.9 Å². The highest BCUT2D eigenvalue weighted by molar-refractivity contribution is 5.92. The summed E-state index contributed by atoms with van der Waals surface area (Å²) in [7, 11) is 0. The fourth-order valence-electron chi connectivity index (χ4n) is 2.70. The summed E-state index contributed by atoms with van der Waals surface area (Å²) in [4.78, 5) is 51.8. The molecule has 7 N–H and O–H groups in total. The number of rotatable bonds is 13. The topological polar surface area (TPSA) is 169 Å². The van der Waals surface area contributed by atoms with E-state index in [2.05, 4.69) is 20.9 Å². The number of nitrogens with zero attached hydrogens (tertiary/aromatic N) is 1. The molecular weight excluding hydrogens is 376 g/mol. The maximum atomic E-state index is 12.7. The summed E-state index contributed by atoms with van der Waals surface area (Å²) in [5, 5.41) is 7.96. The summed E-state index contributed by atoms with van der Waals surface area (Å²) in [5.41, 5.74) is 10.5. The Hall–Kier alpha value is -2.65. The van der Waals surface area contributed by atoms with Crippen molar-refractivity contribution in [3.05, 3.63) is 0 Å². The molecule has 3 amide bonds. The lowest BCUT2D eigenvalue weighted by molar-refractivity contribution is -0.133. The second-order valence-corrected chi connectivity index (χ2v) is 7.81. The van der Waals surface area contributed by atoms with E-state index in [1.807, 2.05) is 13.8 Å². The van der Waals surface area contributed by atoms with Gasteiger partial charge in [0.25, 0.3) is 0 Å². The zero-order chi connectivity index (χ0) is 22.6. The molecule has 0 spiro atoms. The zero-order valence-electron chi connectivity index (χ0n) is 18.0. The van der Waals surface area contributed by atoms with Gasteiger partial charge in [-0.3, -0.25) is 19.4 Å². The smallest absolute Gasteiger partial charge is 0.243 e. The minimum Gasteiger partial charge on any atom is -0.370 e. The predicted molar refractivity (Wildman–Crippen MR) is 112 cm³/mol. The van der Waals surface area contributed by atoms with E-state index in [4.69, 9.17) is 11.5 Å². The molecule has 0 saturated heterocycles. The summed E-state index contributed by atoms with van der Waals surface area (Å²) in [5.74, 6) is -1.29. The summed E-state index contributed by atoms with van der Waals surface area (Å²) in [6, 6.07) is -2.29. The van der Waals surface area contributed by atoms with Crippen LogP contribution in [0.5, 0.6) is 0 Å². The number of carbonyl (C=O) groups is 4. The van der Waals surface area contributed by atoms with Crippen LogP contribution in [0.4, 0.5) is 0 Å². The molecule has 0 radical (unpaired) electrons. The molecule has 0 aliphatic rings. The Labute approximate surface area is 172 Å². The Morgan fingerprint density at radius 2 is 1.62 bits per heavy atom. The van der Waals surface area contributed by atoms with E-state index < -0.39 is 29.9 Å². The van der Waals surface area contributed by atoms with Crippen LogP contribution in [0.2, 0.25) is 0 Å². The summed E-state index contributed by atoms with van der Waals surface area (Å²) in [6.45, 7) is 9.13. The van der Waals surface area contributed by atoms with Gasteiger partial charge in [0.15, 0.2) is 5.96 Å². The van der Waals surface area contributed by atoms with Crippen molar-refractivity contribution in [3.8, 4) is 0 Å². The Kier molecular flexibility index (Phi) is 12.3. The molecule has 166 valence electrons. The molecule has 0 saturated carbocycles. The van der Waals surface area contributed by atoms with E-state index in [1.165, 1.54) is 6.92 Å². The Bertz CT molecular complexity index is 587. The largest absolute Gasteiger partial charge is 0.370 e. The SMILES string of the molecule is CC(=O)NC(CC(C)C)C(=O)NC(C(=O)NC(C=O)CCCN=C(N)N)C(C)C. The first-order valence-electron chi connectivity index (χ1n) is 9.86. The molecule has 0 aromatic heterocycles. The highest BCUT2D eigenvalue weighted by Crippen LogP contribution is 2.08. The van der Waals surface area contributed by atoms with Crippen LogP contribution in [0, 0.1) is 11.8 Å². The molecule has 29 heavy (non-hydrogen) atoms. The molecule has 3 atom stereocenters. The van der Waals surface area contributed by atoms with Crippen LogP contribution in [-0.2, 0) is 19.2 Å². The van der Waals surface area contributed by atoms with Gasteiger partial charge >= 0.3 is 0 Å². The highest BCUT2D eigenvalue weighted by atomic mass is 16.2. The first kappa shape index (κ1) is 26.4. The summed E-state index contributed by atoms with van der Waals surface area (Å²) < 4.78 is 0. The van der Waals surface area contributed by atoms with Crippen molar-refractivity contribution in [2.24, 2.45) is 28.3 Å². The van der Waals surface area contributed by atoms with Crippen molar-refractivity contribution in [3.63, 3.8) is 0 Å². The van der Waals surface area contributed by atoms with Gasteiger partial charge in [-0.05, 0) is 31.1 Å². The fourth-order valence-corrected chi connectivity index (χ4v) is 2.70.